The van der Waals surface area contributed by atoms with Crippen LogP contribution in [-0.2, 0) is 9.59 Å². The van der Waals surface area contributed by atoms with Crippen LogP contribution in [0.25, 0.3) is 0 Å². The Balaban J connectivity index is 2.04. The quantitative estimate of drug-likeness (QED) is 0.787. The molecular formula is C19H26N4O2S. The first-order valence-electron chi connectivity index (χ1n) is 8.99. The van der Waals surface area contributed by atoms with Crippen molar-refractivity contribution in [2.75, 3.05) is 5.75 Å². The molecule has 0 radical (unpaired) electrons. The lowest BCUT2D eigenvalue weighted by Gasteiger charge is -2.35. The highest BCUT2D eigenvalue weighted by molar-refractivity contribution is 8.03. The SMILES string of the molecule is C[C@@H]1[C@H](C)CCC[C@H]1NC(=O)CSC1=C(C#N)C(C)(C)[C@H](C#N)C(=O)N1. The highest BCUT2D eigenvalue weighted by atomic mass is 32.2. The van der Waals surface area contributed by atoms with Gasteiger partial charge in [0.1, 0.15) is 5.92 Å². The first-order valence-corrected chi connectivity index (χ1v) is 9.98. The molecular weight excluding hydrogens is 348 g/mol. The number of amides is 2. The first-order chi connectivity index (χ1) is 12.2. The molecule has 140 valence electrons. The lowest BCUT2D eigenvalue weighted by molar-refractivity contribution is -0.125. The van der Waals surface area contributed by atoms with Crippen molar-refractivity contribution >= 4 is 23.6 Å². The predicted molar refractivity (Wildman–Crippen MR) is 100 cm³/mol. The van der Waals surface area contributed by atoms with E-state index in [4.69, 9.17) is 0 Å². The number of hydrogen-bond donors (Lipinski definition) is 2. The molecule has 7 heteroatoms. The van der Waals surface area contributed by atoms with E-state index in [1.165, 1.54) is 6.42 Å². The highest BCUT2D eigenvalue weighted by Crippen LogP contribution is 2.41. The van der Waals surface area contributed by atoms with Crippen LogP contribution in [0.1, 0.15) is 47.0 Å². The first kappa shape index (κ1) is 20.3. The lowest BCUT2D eigenvalue weighted by Crippen LogP contribution is -2.46. The minimum absolute atomic E-state index is 0.0970. The van der Waals surface area contributed by atoms with Crippen molar-refractivity contribution in [2.24, 2.45) is 23.2 Å². The molecule has 0 aromatic heterocycles. The molecule has 0 spiro atoms. The largest absolute Gasteiger partial charge is 0.352 e. The summed E-state index contributed by atoms with van der Waals surface area (Å²) in [5, 5.41) is 24.8. The molecule has 6 nitrogen and oxygen atoms in total. The zero-order chi connectivity index (χ0) is 19.5. The molecule has 0 unspecified atom stereocenters. The van der Waals surface area contributed by atoms with E-state index in [1.54, 1.807) is 13.8 Å². The second kappa shape index (κ2) is 8.14. The molecule has 26 heavy (non-hydrogen) atoms. The Kier molecular flexibility index (Phi) is 6.36. The van der Waals surface area contributed by atoms with Gasteiger partial charge in [0.15, 0.2) is 0 Å². The van der Waals surface area contributed by atoms with Crippen LogP contribution in [0.5, 0.6) is 0 Å². The number of allylic oxidation sites excluding steroid dienone is 1. The number of carbonyl (C=O) groups excluding carboxylic acids is 2. The Hall–Kier alpha value is -1.99. The molecule has 1 aliphatic heterocycles. The lowest BCUT2D eigenvalue weighted by atomic mass is 9.72. The molecule has 2 aliphatic rings. The van der Waals surface area contributed by atoms with Crippen LogP contribution >= 0.6 is 11.8 Å². The van der Waals surface area contributed by atoms with Crippen molar-refractivity contribution in [3.63, 3.8) is 0 Å². The summed E-state index contributed by atoms with van der Waals surface area (Å²) in [5.74, 6) is -0.271. The Morgan fingerprint density at radius 3 is 2.65 bits per heavy atom. The average molecular weight is 375 g/mol. The van der Waals surface area contributed by atoms with Crippen molar-refractivity contribution in [3.8, 4) is 12.1 Å². The summed E-state index contributed by atoms with van der Waals surface area (Å²) in [6, 6.07) is 4.26. The van der Waals surface area contributed by atoms with Gasteiger partial charge < -0.3 is 10.6 Å². The molecule has 0 saturated heterocycles. The summed E-state index contributed by atoms with van der Waals surface area (Å²) in [6.07, 6.45) is 3.30. The molecule has 1 aliphatic carbocycles. The van der Waals surface area contributed by atoms with Crippen LogP contribution in [0.15, 0.2) is 10.6 Å². The van der Waals surface area contributed by atoms with Crippen LogP contribution in [0, 0.1) is 45.8 Å². The number of nitriles is 2. The molecule has 2 amide bonds. The minimum Gasteiger partial charge on any atom is -0.352 e. The summed E-state index contributed by atoms with van der Waals surface area (Å²) in [7, 11) is 0. The van der Waals surface area contributed by atoms with Crippen LogP contribution in [0.2, 0.25) is 0 Å². The van der Waals surface area contributed by atoms with Crippen LogP contribution < -0.4 is 10.6 Å². The smallest absolute Gasteiger partial charge is 0.243 e. The van der Waals surface area contributed by atoms with Crippen molar-refractivity contribution in [3.05, 3.63) is 10.6 Å². The van der Waals surface area contributed by atoms with E-state index < -0.39 is 17.2 Å². The maximum absolute atomic E-state index is 12.4. The van der Waals surface area contributed by atoms with Crippen molar-refractivity contribution in [1.29, 1.82) is 10.5 Å². The topological polar surface area (TPSA) is 106 Å². The number of carbonyl (C=O) groups is 2. The second-order valence-corrected chi connectivity index (χ2v) is 8.80. The van der Waals surface area contributed by atoms with Gasteiger partial charge in [0, 0.05) is 11.5 Å². The van der Waals surface area contributed by atoms with Crippen LogP contribution in [0.3, 0.4) is 0 Å². The summed E-state index contributed by atoms with van der Waals surface area (Å²) < 4.78 is 0. The van der Waals surface area contributed by atoms with Gasteiger partial charge in [-0.25, -0.2) is 0 Å². The van der Waals surface area contributed by atoms with Gasteiger partial charge in [-0.15, -0.1) is 0 Å². The Labute approximate surface area is 159 Å². The normalized spacial score (nSPS) is 30.8. The van der Waals surface area contributed by atoms with E-state index in [0.29, 0.717) is 22.4 Å². The molecule has 1 fully saturated rings. The molecule has 4 atom stereocenters. The summed E-state index contributed by atoms with van der Waals surface area (Å²) >= 11 is 1.15. The Morgan fingerprint density at radius 1 is 1.35 bits per heavy atom. The summed E-state index contributed by atoms with van der Waals surface area (Å²) in [6.45, 7) is 7.81. The monoisotopic (exact) mass is 374 g/mol. The molecule has 0 bridgehead atoms. The molecule has 1 heterocycles. The standard InChI is InChI=1S/C19H26N4O2S/c1-11-6-5-7-15(12(11)2)22-16(24)10-26-18-14(9-21)19(3,4)13(8-20)17(25)23-18/h11-13,15H,5-7,10H2,1-4H3,(H,22,24)(H,23,25)/t11-,12-,13-,15-/m1/s1. The van der Waals surface area contributed by atoms with Crippen LogP contribution in [0.4, 0.5) is 0 Å². The fourth-order valence-corrected chi connectivity index (χ4v) is 4.69. The maximum atomic E-state index is 12.4. The third-order valence-corrected chi connectivity index (χ3v) is 6.74. The van der Waals surface area contributed by atoms with Gasteiger partial charge >= 0.3 is 0 Å². The highest BCUT2D eigenvalue weighted by Gasteiger charge is 2.44. The average Bonchev–Trinajstić information content (AvgIpc) is 2.56. The summed E-state index contributed by atoms with van der Waals surface area (Å²) in [5.41, 5.74) is -0.529. The third kappa shape index (κ3) is 4.04. The van der Waals surface area contributed by atoms with Gasteiger partial charge in [-0.1, -0.05) is 52.3 Å². The van der Waals surface area contributed by atoms with Crippen molar-refractivity contribution in [2.45, 2.75) is 53.0 Å². The van der Waals surface area contributed by atoms with E-state index in [9.17, 15) is 20.1 Å². The Morgan fingerprint density at radius 2 is 2.04 bits per heavy atom. The Bertz CT molecular complexity index is 701. The molecule has 1 saturated carbocycles. The molecule has 2 N–H and O–H groups in total. The molecule has 2 rings (SSSR count). The van der Waals surface area contributed by atoms with Crippen molar-refractivity contribution < 1.29 is 9.59 Å². The van der Waals surface area contributed by atoms with Gasteiger partial charge in [-0.2, -0.15) is 10.5 Å². The van der Waals surface area contributed by atoms with E-state index in [-0.39, 0.29) is 17.7 Å². The van der Waals surface area contributed by atoms with E-state index in [1.807, 2.05) is 6.07 Å². The van der Waals surface area contributed by atoms with E-state index in [2.05, 4.69) is 30.6 Å². The van der Waals surface area contributed by atoms with Crippen LogP contribution in [-0.4, -0.2) is 23.6 Å². The fourth-order valence-electron chi connectivity index (χ4n) is 3.71. The predicted octanol–water partition coefficient (Wildman–Crippen LogP) is 2.69. The number of nitrogens with zero attached hydrogens (tertiary/aromatic N) is 2. The van der Waals surface area contributed by atoms with E-state index >= 15 is 0 Å². The van der Waals surface area contributed by atoms with Crippen molar-refractivity contribution in [1.82, 2.24) is 10.6 Å². The summed E-state index contributed by atoms with van der Waals surface area (Å²) in [4.78, 5) is 24.5. The van der Waals surface area contributed by atoms with Gasteiger partial charge in [-0.05, 0) is 18.3 Å². The van der Waals surface area contributed by atoms with Gasteiger partial charge in [0.2, 0.25) is 11.8 Å². The number of nitrogens with one attached hydrogen (secondary N) is 2. The molecule has 0 aromatic carbocycles. The minimum atomic E-state index is -0.917. The van der Waals surface area contributed by atoms with E-state index in [0.717, 1.165) is 24.6 Å². The maximum Gasteiger partial charge on any atom is 0.243 e. The second-order valence-electron chi connectivity index (χ2n) is 7.82. The zero-order valence-corrected chi connectivity index (χ0v) is 16.6. The van der Waals surface area contributed by atoms with Gasteiger partial charge in [0.05, 0.1) is 28.5 Å². The fraction of sp³-hybridized carbons (Fsp3) is 0.684. The third-order valence-electron chi connectivity index (χ3n) is 5.73. The number of rotatable bonds is 4. The van der Waals surface area contributed by atoms with Gasteiger partial charge in [0.25, 0.3) is 0 Å². The van der Waals surface area contributed by atoms with Gasteiger partial charge in [-0.3, -0.25) is 9.59 Å². The number of hydrogen-bond acceptors (Lipinski definition) is 5. The number of thioether (sulfide) groups is 1. The molecule has 0 aromatic rings. The zero-order valence-electron chi connectivity index (χ0n) is 15.8.